The van der Waals surface area contributed by atoms with E-state index < -0.39 is 5.97 Å². The molecule has 0 radical (unpaired) electrons. The van der Waals surface area contributed by atoms with Crippen LogP contribution < -0.4 is 10.4 Å². The maximum absolute atomic E-state index is 10.7. The molecule has 0 spiro atoms. The highest BCUT2D eigenvalue weighted by atomic mass is 16.4. The van der Waals surface area contributed by atoms with E-state index in [9.17, 15) is 9.90 Å². The second-order valence-electron chi connectivity index (χ2n) is 4.32. The Kier molecular flexibility index (Phi) is 2.54. The van der Waals surface area contributed by atoms with Gasteiger partial charge in [0.1, 0.15) is 0 Å². The monoisotopic (exact) mass is 182 g/mol. The second-order valence-corrected chi connectivity index (χ2v) is 4.32. The van der Waals surface area contributed by atoms with Crippen LogP contribution in [-0.4, -0.2) is 18.6 Å². The fourth-order valence-corrected chi connectivity index (χ4v) is 2.72. The predicted octanol–water partition coefficient (Wildman–Crippen LogP) is -0.0954. The molecule has 0 bridgehead atoms. The second kappa shape index (κ2) is 3.66. The molecule has 0 aromatic carbocycles. The fraction of sp³-hybridized carbons (Fsp3) is 0.900. The fourth-order valence-electron chi connectivity index (χ4n) is 2.72. The van der Waals surface area contributed by atoms with E-state index in [1.54, 1.807) is 0 Å². The Balaban J connectivity index is 1.95. The molecule has 0 aromatic rings. The summed E-state index contributed by atoms with van der Waals surface area (Å²) >= 11 is 0. The van der Waals surface area contributed by atoms with Gasteiger partial charge in [-0.05, 0) is 31.2 Å². The molecule has 0 aromatic heterocycles. The van der Waals surface area contributed by atoms with Crippen molar-refractivity contribution in [2.45, 2.75) is 38.1 Å². The quantitative estimate of drug-likeness (QED) is 0.616. The topological polar surface area (TPSA) is 52.2 Å². The zero-order valence-electron chi connectivity index (χ0n) is 7.79. The molecular formula is C10H16NO2-. The highest BCUT2D eigenvalue weighted by Crippen LogP contribution is 2.35. The average Bonchev–Trinajstić information content (AvgIpc) is 2.17. The van der Waals surface area contributed by atoms with Gasteiger partial charge in [0, 0.05) is 6.04 Å². The van der Waals surface area contributed by atoms with Gasteiger partial charge in [-0.3, -0.25) is 0 Å². The van der Waals surface area contributed by atoms with Gasteiger partial charge in [-0.2, -0.15) is 0 Å². The molecule has 1 saturated carbocycles. The van der Waals surface area contributed by atoms with Crippen LogP contribution >= 0.6 is 0 Å². The normalized spacial score (nSPS) is 39.5. The van der Waals surface area contributed by atoms with Crippen LogP contribution in [0.1, 0.15) is 32.1 Å². The van der Waals surface area contributed by atoms with Crippen LogP contribution in [-0.2, 0) is 4.79 Å². The van der Waals surface area contributed by atoms with Crippen LogP contribution in [0, 0.1) is 11.8 Å². The molecule has 3 heteroatoms. The Hall–Kier alpha value is -0.570. The van der Waals surface area contributed by atoms with Crippen LogP contribution in [0.4, 0.5) is 0 Å². The smallest absolute Gasteiger partial charge is 0.0584 e. The summed E-state index contributed by atoms with van der Waals surface area (Å²) < 4.78 is 0. The third-order valence-electron chi connectivity index (χ3n) is 3.52. The minimum Gasteiger partial charge on any atom is -0.548 e. The number of rotatable bonds is 1. The number of fused-ring (bicyclic) bond motifs is 1. The molecule has 0 amide bonds. The first kappa shape index (κ1) is 9.00. The number of hydrogen-bond donors (Lipinski definition) is 1. The summed E-state index contributed by atoms with van der Waals surface area (Å²) in [5.74, 6) is 0.436. The number of piperidine rings is 1. The molecule has 1 heterocycles. The van der Waals surface area contributed by atoms with E-state index in [0.717, 1.165) is 18.9 Å². The summed E-state index contributed by atoms with van der Waals surface area (Å²) in [6, 6.07) is -0.389. The largest absolute Gasteiger partial charge is 0.548 e. The maximum Gasteiger partial charge on any atom is 0.0584 e. The Labute approximate surface area is 78.5 Å². The molecule has 2 fully saturated rings. The molecule has 1 aliphatic carbocycles. The lowest BCUT2D eigenvalue weighted by atomic mass is 9.74. The number of carboxylic acids is 1. The van der Waals surface area contributed by atoms with E-state index in [4.69, 9.17) is 0 Å². The molecule has 2 rings (SSSR count). The zero-order valence-corrected chi connectivity index (χ0v) is 7.79. The standard InChI is InChI=1S/C10H17NO2/c12-10(13)9-5-7-3-1-2-4-8(7)6-11-9/h7-9,11H,1-6H2,(H,12,13)/p-1/t7-,8-,9-/m0/s1. The lowest BCUT2D eigenvalue weighted by Gasteiger charge is -2.40. The molecule has 0 unspecified atom stereocenters. The van der Waals surface area contributed by atoms with Crippen LogP contribution in [0.15, 0.2) is 0 Å². The third kappa shape index (κ3) is 1.85. The molecule has 13 heavy (non-hydrogen) atoms. The van der Waals surface area contributed by atoms with Crippen molar-refractivity contribution in [2.24, 2.45) is 11.8 Å². The molecule has 3 nitrogen and oxygen atoms in total. The summed E-state index contributed by atoms with van der Waals surface area (Å²) in [5, 5.41) is 13.7. The van der Waals surface area contributed by atoms with E-state index in [1.165, 1.54) is 25.7 Å². The lowest BCUT2D eigenvalue weighted by molar-refractivity contribution is -0.309. The number of nitrogens with one attached hydrogen (secondary N) is 1. The Morgan fingerprint density at radius 3 is 2.62 bits per heavy atom. The highest BCUT2D eigenvalue weighted by Gasteiger charge is 2.31. The first-order chi connectivity index (χ1) is 6.27. The summed E-state index contributed by atoms with van der Waals surface area (Å²) in [6.07, 6.45) is 5.88. The van der Waals surface area contributed by atoms with Crippen molar-refractivity contribution in [1.82, 2.24) is 5.32 Å². The summed E-state index contributed by atoms with van der Waals surface area (Å²) in [4.78, 5) is 10.7. The summed E-state index contributed by atoms with van der Waals surface area (Å²) in [6.45, 7) is 0.878. The van der Waals surface area contributed by atoms with Gasteiger partial charge < -0.3 is 15.2 Å². The Morgan fingerprint density at radius 1 is 1.23 bits per heavy atom. The average molecular weight is 182 g/mol. The van der Waals surface area contributed by atoms with Gasteiger partial charge in [-0.1, -0.05) is 19.3 Å². The predicted molar refractivity (Wildman–Crippen MR) is 46.9 cm³/mol. The van der Waals surface area contributed by atoms with Gasteiger partial charge in [0.2, 0.25) is 0 Å². The van der Waals surface area contributed by atoms with Gasteiger partial charge in [0.25, 0.3) is 0 Å². The number of carbonyl (C=O) groups excluding carboxylic acids is 1. The van der Waals surface area contributed by atoms with Gasteiger partial charge in [0.15, 0.2) is 0 Å². The van der Waals surface area contributed by atoms with Crippen molar-refractivity contribution >= 4 is 5.97 Å². The molecule has 1 aliphatic heterocycles. The number of hydrogen-bond acceptors (Lipinski definition) is 3. The molecule has 2 aliphatic rings. The summed E-state index contributed by atoms with van der Waals surface area (Å²) in [5.41, 5.74) is 0. The molecule has 3 atom stereocenters. The van der Waals surface area contributed by atoms with Crippen molar-refractivity contribution in [2.75, 3.05) is 6.54 Å². The molecular weight excluding hydrogens is 166 g/mol. The number of carbonyl (C=O) groups is 1. The maximum atomic E-state index is 10.7. The minimum atomic E-state index is -0.927. The van der Waals surface area contributed by atoms with Crippen LogP contribution in [0.3, 0.4) is 0 Å². The SMILES string of the molecule is O=C([O-])[C@@H]1C[C@@H]2CCCC[C@H]2CN1. The Bertz CT molecular complexity index is 205. The van der Waals surface area contributed by atoms with Crippen LogP contribution in [0.5, 0.6) is 0 Å². The van der Waals surface area contributed by atoms with Crippen molar-refractivity contribution in [1.29, 1.82) is 0 Å². The van der Waals surface area contributed by atoms with Crippen molar-refractivity contribution < 1.29 is 9.90 Å². The van der Waals surface area contributed by atoms with E-state index in [-0.39, 0.29) is 6.04 Å². The van der Waals surface area contributed by atoms with Crippen LogP contribution in [0.25, 0.3) is 0 Å². The van der Waals surface area contributed by atoms with Gasteiger partial charge in [-0.15, -0.1) is 0 Å². The third-order valence-corrected chi connectivity index (χ3v) is 3.52. The van der Waals surface area contributed by atoms with E-state index in [2.05, 4.69) is 5.32 Å². The summed E-state index contributed by atoms with van der Waals surface area (Å²) in [7, 11) is 0. The van der Waals surface area contributed by atoms with Gasteiger partial charge >= 0.3 is 0 Å². The molecule has 1 N–H and O–H groups in total. The van der Waals surface area contributed by atoms with Crippen LogP contribution in [0.2, 0.25) is 0 Å². The molecule has 74 valence electrons. The number of aliphatic carboxylic acids is 1. The zero-order chi connectivity index (χ0) is 9.26. The van der Waals surface area contributed by atoms with Gasteiger partial charge in [-0.25, -0.2) is 0 Å². The number of carboxylic acid groups (broad SMARTS) is 1. The first-order valence-electron chi connectivity index (χ1n) is 5.21. The Morgan fingerprint density at radius 2 is 1.92 bits per heavy atom. The lowest BCUT2D eigenvalue weighted by Crippen LogP contribution is -2.53. The molecule has 1 saturated heterocycles. The first-order valence-corrected chi connectivity index (χ1v) is 5.21. The van der Waals surface area contributed by atoms with Gasteiger partial charge in [0.05, 0.1) is 5.97 Å². The minimum absolute atomic E-state index is 0.389. The van der Waals surface area contributed by atoms with E-state index in [1.807, 2.05) is 0 Å². The highest BCUT2D eigenvalue weighted by molar-refractivity contribution is 5.71. The van der Waals surface area contributed by atoms with E-state index >= 15 is 0 Å². The van der Waals surface area contributed by atoms with E-state index in [0.29, 0.717) is 5.92 Å². The van der Waals surface area contributed by atoms with Crippen molar-refractivity contribution in [3.63, 3.8) is 0 Å². The van der Waals surface area contributed by atoms with Crippen molar-refractivity contribution in [3.05, 3.63) is 0 Å². The van der Waals surface area contributed by atoms with Crippen molar-refractivity contribution in [3.8, 4) is 0 Å².